The Morgan fingerprint density at radius 1 is 1.29 bits per heavy atom. The lowest BCUT2D eigenvalue weighted by molar-refractivity contribution is 0.135. The molecule has 1 saturated carbocycles. The molecule has 1 fully saturated rings. The van der Waals surface area contributed by atoms with Crippen LogP contribution in [0.5, 0.6) is 0 Å². The Bertz CT molecular complexity index is 292. The van der Waals surface area contributed by atoms with Gasteiger partial charge in [0.1, 0.15) is 0 Å². The molecule has 0 saturated heterocycles. The first-order valence-electron chi connectivity index (χ1n) is 5.51. The molecule has 78 valence electrons. The number of aliphatic hydroxyl groups is 1. The quantitative estimate of drug-likeness (QED) is 0.704. The van der Waals surface area contributed by atoms with Crippen molar-refractivity contribution in [2.75, 3.05) is 0 Å². The molecule has 1 N–H and O–H groups in total. The molecule has 1 aliphatic carbocycles. The summed E-state index contributed by atoms with van der Waals surface area (Å²) in [4.78, 5) is 1.39. The summed E-state index contributed by atoms with van der Waals surface area (Å²) in [6.07, 6.45) is 5.80. The Balaban J connectivity index is 2.19. The van der Waals surface area contributed by atoms with E-state index in [-0.39, 0.29) is 6.10 Å². The molecular formula is C12H18OS. The third kappa shape index (κ3) is 2.01. The normalized spacial score (nSPS) is 28.7. The van der Waals surface area contributed by atoms with Gasteiger partial charge in [0.15, 0.2) is 0 Å². The Kier molecular flexibility index (Phi) is 3.24. The Morgan fingerprint density at radius 2 is 2.07 bits per heavy atom. The van der Waals surface area contributed by atoms with Gasteiger partial charge >= 0.3 is 0 Å². The average Bonchev–Trinajstić information content (AvgIpc) is 2.46. The largest absolute Gasteiger partial charge is 0.392 e. The highest BCUT2D eigenvalue weighted by atomic mass is 32.1. The van der Waals surface area contributed by atoms with Crippen LogP contribution in [-0.4, -0.2) is 11.2 Å². The molecule has 1 heterocycles. The molecule has 2 atom stereocenters. The van der Waals surface area contributed by atoms with Crippen LogP contribution in [0.4, 0.5) is 0 Å². The van der Waals surface area contributed by atoms with Crippen molar-refractivity contribution in [3.05, 3.63) is 21.9 Å². The van der Waals surface area contributed by atoms with Crippen LogP contribution in [-0.2, 0) is 0 Å². The standard InChI is InChI=1S/C12H18OS/c1-9-10(7-8-14-9)11-5-3-2-4-6-12(11)13/h7-8,11-13H,2-6H2,1H3. The van der Waals surface area contributed by atoms with E-state index in [2.05, 4.69) is 18.4 Å². The highest BCUT2D eigenvalue weighted by molar-refractivity contribution is 7.10. The molecule has 0 aromatic carbocycles. The fourth-order valence-electron chi connectivity index (χ4n) is 2.43. The maximum atomic E-state index is 10.0. The van der Waals surface area contributed by atoms with Gasteiger partial charge in [-0.2, -0.15) is 0 Å². The van der Waals surface area contributed by atoms with Crippen molar-refractivity contribution in [3.8, 4) is 0 Å². The van der Waals surface area contributed by atoms with E-state index in [1.165, 1.54) is 36.1 Å². The summed E-state index contributed by atoms with van der Waals surface area (Å²) in [7, 11) is 0. The highest BCUT2D eigenvalue weighted by Crippen LogP contribution is 2.35. The highest BCUT2D eigenvalue weighted by Gasteiger charge is 2.24. The van der Waals surface area contributed by atoms with Crippen LogP contribution in [0.15, 0.2) is 11.4 Å². The maximum absolute atomic E-state index is 10.0. The van der Waals surface area contributed by atoms with Crippen LogP contribution < -0.4 is 0 Å². The summed E-state index contributed by atoms with van der Waals surface area (Å²) in [6.45, 7) is 2.16. The van der Waals surface area contributed by atoms with Gasteiger partial charge in [0.05, 0.1) is 6.10 Å². The summed E-state index contributed by atoms with van der Waals surface area (Å²) >= 11 is 1.80. The predicted octanol–water partition coefficient (Wildman–Crippen LogP) is 3.47. The van der Waals surface area contributed by atoms with Gasteiger partial charge in [-0.25, -0.2) is 0 Å². The van der Waals surface area contributed by atoms with Crippen molar-refractivity contribution >= 4 is 11.3 Å². The molecule has 0 radical (unpaired) electrons. The second-order valence-corrected chi connectivity index (χ2v) is 5.36. The lowest BCUT2D eigenvalue weighted by atomic mass is 9.90. The maximum Gasteiger partial charge on any atom is 0.0609 e. The van der Waals surface area contributed by atoms with Gasteiger partial charge in [-0.1, -0.05) is 19.3 Å². The summed E-state index contributed by atoms with van der Waals surface area (Å²) in [5, 5.41) is 12.2. The summed E-state index contributed by atoms with van der Waals surface area (Å²) < 4.78 is 0. The fourth-order valence-corrected chi connectivity index (χ4v) is 3.20. The van der Waals surface area contributed by atoms with Crippen molar-refractivity contribution in [2.24, 2.45) is 0 Å². The van der Waals surface area contributed by atoms with Crippen LogP contribution in [0.3, 0.4) is 0 Å². The molecular weight excluding hydrogens is 192 g/mol. The lowest BCUT2D eigenvalue weighted by Gasteiger charge is -2.20. The van der Waals surface area contributed by atoms with Crippen molar-refractivity contribution in [3.63, 3.8) is 0 Å². The van der Waals surface area contributed by atoms with Crippen LogP contribution >= 0.6 is 11.3 Å². The van der Waals surface area contributed by atoms with Crippen LogP contribution in [0.2, 0.25) is 0 Å². The first kappa shape index (κ1) is 10.2. The van der Waals surface area contributed by atoms with E-state index >= 15 is 0 Å². The second-order valence-electron chi connectivity index (χ2n) is 4.24. The summed E-state index contributed by atoms with van der Waals surface area (Å²) in [5.74, 6) is 0.406. The van der Waals surface area contributed by atoms with E-state index in [9.17, 15) is 5.11 Å². The molecule has 0 aliphatic heterocycles. The third-order valence-corrected chi connectivity index (χ3v) is 4.14. The number of aryl methyl sites for hydroxylation is 1. The number of thiophene rings is 1. The zero-order valence-electron chi connectivity index (χ0n) is 8.70. The number of rotatable bonds is 1. The number of hydrogen-bond acceptors (Lipinski definition) is 2. The van der Waals surface area contributed by atoms with Gasteiger partial charge in [-0.15, -0.1) is 11.3 Å². The first-order chi connectivity index (χ1) is 6.79. The van der Waals surface area contributed by atoms with Gasteiger partial charge in [-0.05, 0) is 36.8 Å². The minimum absolute atomic E-state index is 0.106. The topological polar surface area (TPSA) is 20.2 Å². The molecule has 1 nitrogen and oxygen atoms in total. The van der Waals surface area contributed by atoms with E-state index in [4.69, 9.17) is 0 Å². The van der Waals surface area contributed by atoms with Gasteiger partial charge in [0.25, 0.3) is 0 Å². The average molecular weight is 210 g/mol. The zero-order chi connectivity index (χ0) is 9.97. The molecule has 1 aliphatic rings. The number of hydrogen-bond donors (Lipinski definition) is 1. The third-order valence-electron chi connectivity index (χ3n) is 3.28. The van der Waals surface area contributed by atoms with Gasteiger partial charge < -0.3 is 5.11 Å². The molecule has 14 heavy (non-hydrogen) atoms. The number of aliphatic hydroxyl groups excluding tert-OH is 1. The van der Waals surface area contributed by atoms with Gasteiger partial charge in [-0.3, -0.25) is 0 Å². The molecule has 0 spiro atoms. The van der Waals surface area contributed by atoms with Crippen molar-refractivity contribution in [1.82, 2.24) is 0 Å². The summed E-state index contributed by atoms with van der Waals surface area (Å²) in [5.41, 5.74) is 1.39. The Labute approximate surface area is 89.8 Å². The molecule has 1 aromatic heterocycles. The van der Waals surface area contributed by atoms with E-state index < -0.39 is 0 Å². The zero-order valence-corrected chi connectivity index (χ0v) is 9.52. The molecule has 2 heteroatoms. The minimum atomic E-state index is -0.106. The van der Waals surface area contributed by atoms with E-state index in [1.54, 1.807) is 11.3 Å². The minimum Gasteiger partial charge on any atom is -0.392 e. The van der Waals surface area contributed by atoms with Crippen molar-refractivity contribution in [2.45, 2.75) is 51.0 Å². The molecule has 2 rings (SSSR count). The fraction of sp³-hybridized carbons (Fsp3) is 0.667. The Morgan fingerprint density at radius 3 is 2.79 bits per heavy atom. The van der Waals surface area contributed by atoms with Crippen molar-refractivity contribution in [1.29, 1.82) is 0 Å². The molecule has 1 aromatic rings. The van der Waals surface area contributed by atoms with Crippen LogP contribution in [0.25, 0.3) is 0 Å². The van der Waals surface area contributed by atoms with Gasteiger partial charge in [0, 0.05) is 10.8 Å². The van der Waals surface area contributed by atoms with E-state index in [1.807, 2.05) is 0 Å². The summed E-state index contributed by atoms with van der Waals surface area (Å²) in [6, 6.07) is 2.19. The van der Waals surface area contributed by atoms with E-state index in [0.717, 1.165) is 6.42 Å². The van der Waals surface area contributed by atoms with E-state index in [0.29, 0.717) is 5.92 Å². The lowest BCUT2D eigenvalue weighted by Crippen LogP contribution is -2.16. The van der Waals surface area contributed by atoms with Gasteiger partial charge in [0.2, 0.25) is 0 Å². The molecule has 2 unspecified atom stereocenters. The molecule has 0 amide bonds. The van der Waals surface area contributed by atoms with Crippen LogP contribution in [0, 0.1) is 6.92 Å². The first-order valence-corrected chi connectivity index (χ1v) is 6.39. The smallest absolute Gasteiger partial charge is 0.0609 e. The monoisotopic (exact) mass is 210 g/mol. The second kappa shape index (κ2) is 4.45. The molecule has 0 bridgehead atoms. The Hall–Kier alpha value is -0.340. The predicted molar refractivity (Wildman–Crippen MR) is 60.9 cm³/mol. The SMILES string of the molecule is Cc1sccc1C1CCCCCC1O. The van der Waals surface area contributed by atoms with Crippen LogP contribution in [0.1, 0.15) is 48.5 Å². The van der Waals surface area contributed by atoms with Crippen molar-refractivity contribution < 1.29 is 5.11 Å².